The Balaban J connectivity index is 2.36. The first-order valence-electron chi connectivity index (χ1n) is 4.23. The van der Waals surface area contributed by atoms with E-state index in [1.807, 2.05) is 0 Å². The Hall–Kier alpha value is -0.790. The zero-order valence-corrected chi connectivity index (χ0v) is 6.97. The molecule has 0 spiro atoms. The number of hydrogen-bond donors (Lipinski definition) is 1. The first-order chi connectivity index (χ1) is 5.29. The van der Waals surface area contributed by atoms with E-state index < -0.39 is 0 Å². The van der Waals surface area contributed by atoms with Gasteiger partial charge in [-0.1, -0.05) is 18.6 Å². The van der Waals surface area contributed by atoms with Crippen LogP contribution < -0.4 is 5.32 Å². The van der Waals surface area contributed by atoms with Crippen LogP contribution in [-0.2, 0) is 4.79 Å². The summed E-state index contributed by atoms with van der Waals surface area (Å²) in [6, 6.07) is 0.287. The molecule has 62 valence electrons. The van der Waals surface area contributed by atoms with Gasteiger partial charge < -0.3 is 5.32 Å². The third-order valence-corrected chi connectivity index (χ3v) is 1.89. The maximum absolute atomic E-state index is 10.7. The van der Waals surface area contributed by atoms with E-state index in [1.54, 1.807) is 6.92 Å². The normalized spacial score (nSPS) is 24.3. The second-order valence-electron chi connectivity index (χ2n) is 3.02. The summed E-state index contributed by atoms with van der Waals surface area (Å²) in [4.78, 5) is 10.7. The van der Waals surface area contributed by atoms with Crippen LogP contribution in [0, 0.1) is 0 Å². The van der Waals surface area contributed by atoms with Gasteiger partial charge in [-0.3, -0.25) is 4.79 Å². The monoisotopic (exact) mass is 153 g/mol. The zero-order chi connectivity index (χ0) is 8.10. The summed E-state index contributed by atoms with van der Waals surface area (Å²) < 4.78 is 0. The fraction of sp³-hybridized carbons (Fsp3) is 0.667. The lowest BCUT2D eigenvalue weighted by Crippen LogP contribution is -2.30. The predicted octanol–water partition coefficient (Wildman–Crippen LogP) is 1.62. The van der Waals surface area contributed by atoms with Crippen LogP contribution in [0.1, 0.15) is 32.6 Å². The average Bonchev–Trinajstić information content (AvgIpc) is 2.14. The number of amides is 1. The van der Waals surface area contributed by atoms with E-state index in [1.165, 1.54) is 12.8 Å². The lowest BCUT2D eigenvalue weighted by molar-refractivity contribution is -0.119. The SMILES string of the molecule is CC(=O)NC1C=CCCCC1. The van der Waals surface area contributed by atoms with E-state index >= 15 is 0 Å². The zero-order valence-electron chi connectivity index (χ0n) is 6.97. The summed E-state index contributed by atoms with van der Waals surface area (Å²) in [5.41, 5.74) is 0. The van der Waals surface area contributed by atoms with Crippen molar-refractivity contribution in [2.45, 2.75) is 38.6 Å². The van der Waals surface area contributed by atoms with E-state index in [9.17, 15) is 4.79 Å². The minimum atomic E-state index is 0.0709. The molecule has 0 saturated carbocycles. The van der Waals surface area contributed by atoms with Gasteiger partial charge in [-0.15, -0.1) is 0 Å². The summed E-state index contributed by atoms with van der Waals surface area (Å²) in [5, 5.41) is 2.90. The number of rotatable bonds is 1. The Morgan fingerprint density at radius 2 is 2.36 bits per heavy atom. The fourth-order valence-corrected chi connectivity index (χ4v) is 1.36. The van der Waals surface area contributed by atoms with Gasteiger partial charge in [0.05, 0.1) is 0 Å². The molecule has 2 nitrogen and oxygen atoms in total. The molecule has 0 heterocycles. The Labute approximate surface area is 67.7 Å². The molecule has 11 heavy (non-hydrogen) atoms. The molecule has 0 aromatic rings. The second-order valence-corrected chi connectivity index (χ2v) is 3.02. The average molecular weight is 153 g/mol. The van der Waals surface area contributed by atoms with Crippen LogP contribution in [0.4, 0.5) is 0 Å². The topological polar surface area (TPSA) is 29.1 Å². The van der Waals surface area contributed by atoms with Crippen molar-refractivity contribution in [3.8, 4) is 0 Å². The molecule has 1 amide bonds. The van der Waals surface area contributed by atoms with Crippen molar-refractivity contribution < 1.29 is 4.79 Å². The first kappa shape index (κ1) is 8.31. The highest BCUT2D eigenvalue weighted by molar-refractivity contribution is 5.73. The van der Waals surface area contributed by atoms with Gasteiger partial charge in [0, 0.05) is 13.0 Å². The van der Waals surface area contributed by atoms with Gasteiger partial charge in [-0.05, 0) is 19.3 Å². The smallest absolute Gasteiger partial charge is 0.217 e. The van der Waals surface area contributed by atoms with Crippen molar-refractivity contribution in [2.24, 2.45) is 0 Å². The minimum Gasteiger partial charge on any atom is -0.350 e. The maximum Gasteiger partial charge on any atom is 0.217 e. The van der Waals surface area contributed by atoms with E-state index in [0.717, 1.165) is 12.8 Å². The highest BCUT2D eigenvalue weighted by Crippen LogP contribution is 2.10. The Kier molecular flexibility index (Phi) is 3.14. The second kappa shape index (κ2) is 4.16. The van der Waals surface area contributed by atoms with Crippen molar-refractivity contribution in [3.63, 3.8) is 0 Å². The minimum absolute atomic E-state index is 0.0709. The molecule has 1 N–H and O–H groups in total. The molecule has 0 aromatic heterocycles. The van der Waals surface area contributed by atoms with Crippen LogP contribution in [-0.4, -0.2) is 11.9 Å². The van der Waals surface area contributed by atoms with Gasteiger partial charge >= 0.3 is 0 Å². The Bertz CT molecular complexity index is 163. The third kappa shape index (κ3) is 3.21. The lowest BCUT2D eigenvalue weighted by Gasteiger charge is -2.10. The van der Waals surface area contributed by atoms with Crippen molar-refractivity contribution >= 4 is 5.91 Å². The molecule has 1 rings (SSSR count). The van der Waals surface area contributed by atoms with Crippen LogP contribution in [0.5, 0.6) is 0 Å². The van der Waals surface area contributed by atoms with Gasteiger partial charge in [0.15, 0.2) is 0 Å². The summed E-state index contributed by atoms with van der Waals surface area (Å²) in [7, 11) is 0. The van der Waals surface area contributed by atoms with Crippen LogP contribution in [0.3, 0.4) is 0 Å². The Morgan fingerprint density at radius 3 is 3.09 bits per heavy atom. The molecule has 1 aliphatic rings. The van der Waals surface area contributed by atoms with Crippen molar-refractivity contribution in [2.75, 3.05) is 0 Å². The van der Waals surface area contributed by atoms with E-state index in [0.29, 0.717) is 0 Å². The van der Waals surface area contributed by atoms with E-state index in [-0.39, 0.29) is 11.9 Å². The quantitative estimate of drug-likeness (QED) is 0.570. The number of carbonyl (C=O) groups is 1. The third-order valence-electron chi connectivity index (χ3n) is 1.89. The van der Waals surface area contributed by atoms with Crippen molar-refractivity contribution in [1.82, 2.24) is 5.32 Å². The first-order valence-corrected chi connectivity index (χ1v) is 4.23. The maximum atomic E-state index is 10.7. The van der Waals surface area contributed by atoms with Crippen LogP contribution in [0.15, 0.2) is 12.2 Å². The summed E-state index contributed by atoms with van der Waals surface area (Å²) in [6.07, 6.45) is 9.00. The summed E-state index contributed by atoms with van der Waals surface area (Å²) in [5.74, 6) is 0.0709. The molecular weight excluding hydrogens is 138 g/mol. The number of allylic oxidation sites excluding steroid dienone is 1. The molecule has 1 atom stereocenters. The van der Waals surface area contributed by atoms with Crippen molar-refractivity contribution in [3.05, 3.63) is 12.2 Å². The van der Waals surface area contributed by atoms with Gasteiger partial charge in [0.25, 0.3) is 0 Å². The standard InChI is InChI=1S/C9H15NO/c1-8(11)10-9-6-4-2-3-5-7-9/h4,6,9H,2-3,5,7H2,1H3,(H,10,11). The summed E-state index contributed by atoms with van der Waals surface area (Å²) in [6.45, 7) is 1.57. The molecule has 0 radical (unpaired) electrons. The largest absolute Gasteiger partial charge is 0.350 e. The summed E-state index contributed by atoms with van der Waals surface area (Å²) >= 11 is 0. The molecule has 1 aliphatic carbocycles. The lowest BCUT2D eigenvalue weighted by atomic mass is 10.1. The van der Waals surface area contributed by atoms with Gasteiger partial charge in [-0.2, -0.15) is 0 Å². The van der Waals surface area contributed by atoms with Crippen LogP contribution in [0.25, 0.3) is 0 Å². The Morgan fingerprint density at radius 1 is 1.55 bits per heavy atom. The molecule has 0 bridgehead atoms. The van der Waals surface area contributed by atoms with Crippen molar-refractivity contribution in [1.29, 1.82) is 0 Å². The number of nitrogens with one attached hydrogen (secondary N) is 1. The highest BCUT2D eigenvalue weighted by Gasteiger charge is 2.07. The number of carbonyl (C=O) groups excluding carboxylic acids is 1. The van der Waals surface area contributed by atoms with Gasteiger partial charge in [0.1, 0.15) is 0 Å². The molecule has 0 aliphatic heterocycles. The molecule has 0 fully saturated rings. The fourth-order valence-electron chi connectivity index (χ4n) is 1.36. The van der Waals surface area contributed by atoms with E-state index in [2.05, 4.69) is 17.5 Å². The molecule has 0 saturated heterocycles. The number of hydrogen-bond acceptors (Lipinski definition) is 1. The van der Waals surface area contributed by atoms with Crippen LogP contribution in [0.2, 0.25) is 0 Å². The molecular formula is C9H15NO. The predicted molar refractivity (Wildman–Crippen MR) is 45.2 cm³/mol. The van der Waals surface area contributed by atoms with Gasteiger partial charge in [-0.25, -0.2) is 0 Å². The molecule has 0 aromatic carbocycles. The highest BCUT2D eigenvalue weighted by atomic mass is 16.1. The van der Waals surface area contributed by atoms with Gasteiger partial charge in [0.2, 0.25) is 5.91 Å². The molecule has 1 unspecified atom stereocenters. The van der Waals surface area contributed by atoms with Crippen LogP contribution >= 0.6 is 0 Å². The molecule has 2 heteroatoms. The van der Waals surface area contributed by atoms with E-state index in [4.69, 9.17) is 0 Å².